The summed E-state index contributed by atoms with van der Waals surface area (Å²) in [6.45, 7) is 1.04. The van der Waals surface area contributed by atoms with Gasteiger partial charge in [-0.1, -0.05) is 24.3 Å². The highest BCUT2D eigenvalue weighted by Gasteiger charge is 2.35. The van der Waals surface area contributed by atoms with Crippen molar-refractivity contribution in [3.8, 4) is 0 Å². The lowest BCUT2D eigenvalue weighted by Crippen LogP contribution is -2.14. The summed E-state index contributed by atoms with van der Waals surface area (Å²) in [7, 11) is 1.97. The molecule has 17 heavy (non-hydrogen) atoms. The minimum absolute atomic E-state index is 0.700. The molecule has 1 aromatic rings. The predicted molar refractivity (Wildman–Crippen MR) is 69.9 cm³/mol. The van der Waals surface area contributed by atoms with E-state index >= 15 is 0 Å². The van der Waals surface area contributed by atoms with Crippen LogP contribution in [0.4, 0.5) is 4.39 Å². The van der Waals surface area contributed by atoms with Crippen LogP contribution in [-0.2, 0) is 12.1 Å². The van der Waals surface area contributed by atoms with Crippen LogP contribution in [0.15, 0.2) is 24.3 Å². The predicted octanol–water partition coefficient (Wildman–Crippen LogP) is 3.58. The molecule has 94 valence electrons. The Morgan fingerprint density at radius 2 is 1.82 bits per heavy atom. The largest absolute Gasteiger partial charge is 0.320 e. The third kappa shape index (κ3) is 3.06. The van der Waals surface area contributed by atoms with E-state index < -0.39 is 5.67 Å². The molecule has 2 rings (SSSR count). The summed E-state index contributed by atoms with van der Waals surface area (Å²) >= 11 is 0. The Labute approximate surface area is 103 Å². The molecule has 0 aromatic heterocycles. The Bertz CT molecular complexity index is 338. The SMILES string of the molecule is CNCCCc1ccc(C2(F)CCCC2)cc1. The normalized spacial score (nSPS) is 18.5. The molecule has 0 aliphatic heterocycles. The molecular weight excluding hydrogens is 213 g/mol. The van der Waals surface area contributed by atoms with Crippen molar-refractivity contribution in [1.82, 2.24) is 5.32 Å². The van der Waals surface area contributed by atoms with Crippen LogP contribution in [-0.4, -0.2) is 13.6 Å². The molecule has 1 aliphatic rings. The Morgan fingerprint density at radius 1 is 1.18 bits per heavy atom. The van der Waals surface area contributed by atoms with Crippen LogP contribution in [0.1, 0.15) is 43.2 Å². The van der Waals surface area contributed by atoms with Gasteiger partial charge in [0, 0.05) is 0 Å². The molecule has 1 nitrogen and oxygen atoms in total. The van der Waals surface area contributed by atoms with Crippen molar-refractivity contribution >= 4 is 0 Å². The number of rotatable bonds is 5. The summed E-state index contributed by atoms with van der Waals surface area (Å²) in [4.78, 5) is 0. The number of alkyl halides is 1. The van der Waals surface area contributed by atoms with E-state index in [4.69, 9.17) is 0 Å². The smallest absolute Gasteiger partial charge is 0.136 e. The van der Waals surface area contributed by atoms with E-state index in [0.717, 1.165) is 37.8 Å². The standard InChI is InChI=1S/C15H22FN/c1-17-12-4-5-13-6-8-14(9-7-13)15(16)10-2-3-11-15/h6-9,17H,2-5,10-12H2,1H3. The van der Waals surface area contributed by atoms with Crippen molar-refractivity contribution < 1.29 is 4.39 Å². The van der Waals surface area contributed by atoms with Gasteiger partial charge in [0.2, 0.25) is 0 Å². The fourth-order valence-corrected chi connectivity index (χ4v) is 2.66. The third-order valence-corrected chi connectivity index (χ3v) is 3.76. The molecule has 1 fully saturated rings. The van der Waals surface area contributed by atoms with Gasteiger partial charge in [-0.2, -0.15) is 0 Å². The van der Waals surface area contributed by atoms with Gasteiger partial charge in [0.05, 0.1) is 0 Å². The van der Waals surface area contributed by atoms with Crippen LogP contribution < -0.4 is 5.32 Å². The molecule has 0 amide bonds. The molecule has 0 heterocycles. The molecular formula is C15H22FN. The van der Waals surface area contributed by atoms with Gasteiger partial charge in [-0.15, -0.1) is 0 Å². The van der Waals surface area contributed by atoms with Crippen molar-refractivity contribution in [1.29, 1.82) is 0 Å². The van der Waals surface area contributed by atoms with Gasteiger partial charge in [-0.3, -0.25) is 0 Å². The first-order valence-corrected chi connectivity index (χ1v) is 6.67. The van der Waals surface area contributed by atoms with Gasteiger partial charge in [0.1, 0.15) is 5.67 Å². The summed E-state index contributed by atoms with van der Waals surface area (Å²) in [6, 6.07) is 8.15. The maximum Gasteiger partial charge on any atom is 0.136 e. The molecule has 0 atom stereocenters. The van der Waals surface area contributed by atoms with Gasteiger partial charge >= 0.3 is 0 Å². The van der Waals surface area contributed by atoms with Crippen LogP contribution in [0.3, 0.4) is 0 Å². The molecule has 0 unspecified atom stereocenters. The molecule has 1 aliphatic carbocycles. The number of nitrogens with one attached hydrogen (secondary N) is 1. The molecule has 1 saturated carbocycles. The molecule has 0 bridgehead atoms. The average molecular weight is 235 g/mol. The van der Waals surface area contributed by atoms with Gasteiger partial charge in [0.25, 0.3) is 0 Å². The lowest BCUT2D eigenvalue weighted by atomic mass is 9.93. The summed E-state index contributed by atoms with van der Waals surface area (Å²) in [6.07, 6.45) is 5.66. The quantitative estimate of drug-likeness (QED) is 0.769. The fourth-order valence-electron chi connectivity index (χ4n) is 2.66. The lowest BCUT2D eigenvalue weighted by Gasteiger charge is -2.19. The van der Waals surface area contributed by atoms with Crippen LogP contribution >= 0.6 is 0 Å². The first kappa shape index (κ1) is 12.6. The fraction of sp³-hybridized carbons (Fsp3) is 0.600. The molecule has 0 spiro atoms. The van der Waals surface area contributed by atoms with E-state index in [1.165, 1.54) is 5.56 Å². The van der Waals surface area contributed by atoms with Crippen molar-refractivity contribution in [2.24, 2.45) is 0 Å². The van der Waals surface area contributed by atoms with E-state index in [1.54, 1.807) is 0 Å². The van der Waals surface area contributed by atoms with E-state index in [2.05, 4.69) is 17.4 Å². The first-order valence-electron chi connectivity index (χ1n) is 6.67. The van der Waals surface area contributed by atoms with Gasteiger partial charge in [-0.05, 0) is 63.2 Å². The van der Waals surface area contributed by atoms with E-state index in [0.29, 0.717) is 12.8 Å². The second-order valence-electron chi connectivity index (χ2n) is 5.08. The maximum absolute atomic E-state index is 14.5. The minimum atomic E-state index is -1.04. The third-order valence-electron chi connectivity index (χ3n) is 3.76. The Morgan fingerprint density at radius 3 is 2.41 bits per heavy atom. The van der Waals surface area contributed by atoms with Gasteiger partial charge in [-0.25, -0.2) is 4.39 Å². The summed E-state index contributed by atoms with van der Waals surface area (Å²) in [5.74, 6) is 0. The lowest BCUT2D eigenvalue weighted by molar-refractivity contribution is 0.175. The topological polar surface area (TPSA) is 12.0 Å². The highest BCUT2D eigenvalue weighted by Crippen LogP contribution is 2.42. The number of hydrogen-bond acceptors (Lipinski definition) is 1. The molecule has 1 N–H and O–H groups in total. The monoisotopic (exact) mass is 235 g/mol. The summed E-state index contributed by atoms with van der Waals surface area (Å²) in [5, 5.41) is 3.14. The van der Waals surface area contributed by atoms with Crippen molar-refractivity contribution in [3.05, 3.63) is 35.4 Å². The minimum Gasteiger partial charge on any atom is -0.320 e. The number of halogens is 1. The summed E-state index contributed by atoms with van der Waals surface area (Å²) in [5.41, 5.74) is 1.15. The Kier molecular flexibility index (Phi) is 4.16. The highest BCUT2D eigenvalue weighted by atomic mass is 19.1. The number of hydrogen-bond donors (Lipinski definition) is 1. The number of benzene rings is 1. The van der Waals surface area contributed by atoms with Crippen molar-refractivity contribution in [3.63, 3.8) is 0 Å². The van der Waals surface area contributed by atoms with Gasteiger partial charge in [0.15, 0.2) is 0 Å². The Balaban J connectivity index is 1.97. The summed E-state index contributed by atoms with van der Waals surface area (Å²) < 4.78 is 14.5. The second kappa shape index (κ2) is 5.63. The first-order chi connectivity index (χ1) is 8.24. The molecule has 1 aromatic carbocycles. The van der Waals surface area contributed by atoms with Crippen molar-refractivity contribution in [2.45, 2.75) is 44.2 Å². The van der Waals surface area contributed by atoms with Crippen LogP contribution in [0.2, 0.25) is 0 Å². The van der Waals surface area contributed by atoms with Crippen LogP contribution in [0.25, 0.3) is 0 Å². The zero-order valence-corrected chi connectivity index (χ0v) is 10.6. The van der Waals surface area contributed by atoms with Gasteiger partial charge < -0.3 is 5.32 Å². The highest BCUT2D eigenvalue weighted by molar-refractivity contribution is 5.28. The zero-order valence-electron chi connectivity index (χ0n) is 10.6. The molecule has 0 radical (unpaired) electrons. The average Bonchev–Trinajstić information content (AvgIpc) is 2.79. The van der Waals surface area contributed by atoms with E-state index in [1.807, 2.05) is 19.2 Å². The Hall–Kier alpha value is -0.890. The van der Waals surface area contributed by atoms with E-state index in [9.17, 15) is 4.39 Å². The molecule has 2 heteroatoms. The zero-order chi connectivity index (χ0) is 12.1. The van der Waals surface area contributed by atoms with E-state index in [-0.39, 0.29) is 0 Å². The second-order valence-corrected chi connectivity index (χ2v) is 5.08. The van der Waals surface area contributed by atoms with Crippen LogP contribution in [0.5, 0.6) is 0 Å². The number of aryl methyl sites for hydroxylation is 1. The molecule has 0 saturated heterocycles. The van der Waals surface area contributed by atoms with Crippen LogP contribution in [0, 0.1) is 0 Å². The maximum atomic E-state index is 14.5. The van der Waals surface area contributed by atoms with Crippen molar-refractivity contribution in [2.75, 3.05) is 13.6 Å².